The Morgan fingerprint density at radius 2 is 2.06 bits per heavy atom. The maximum atomic E-state index is 12.4. The van der Waals surface area contributed by atoms with Gasteiger partial charge < -0.3 is 4.90 Å². The largest absolute Gasteiger partial charge is 0.340 e. The predicted octanol–water partition coefficient (Wildman–Crippen LogP) is 2.12. The Morgan fingerprint density at radius 1 is 1.44 bits per heavy atom. The average Bonchev–Trinajstić information content (AvgIpc) is 2.89. The second-order valence-electron chi connectivity index (χ2n) is 4.92. The number of hydrogen-bond donors (Lipinski definition) is 0. The second kappa shape index (κ2) is 5.18. The van der Waals surface area contributed by atoms with E-state index in [9.17, 15) is 10.1 Å². The van der Waals surface area contributed by atoms with E-state index in [-0.39, 0.29) is 5.91 Å². The zero-order chi connectivity index (χ0) is 13.0. The first-order valence-corrected chi connectivity index (χ1v) is 6.24. The Hall–Kier alpha value is -1.89. The minimum absolute atomic E-state index is 0.0423. The molecule has 0 N–H and O–H groups in total. The highest BCUT2D eigenvalue weighted by Gasteiger charge is 2.43. The fourth-order valence-electron chi connectivity index (χ4n) is 2.55. The van der Waals surface area contributed by atoms with Gasteiger partial charge in [0.25, 0.3) is 0 Å². The molecule has 0 saturated heterocycles. The monoisotopic (exact) mass is 243 g/mol. The van der Waals surface area contributed by atoms with Crippen molar-refractivity contribution in [1.82, 2.24) is 9.88 Å². The van der Waals surface area contributed by atoms with E-state index in [0.717, 1.165) is 18.4 Å². The third-order valence-electron chi connectivity index (χ3n) is 3.60. The standard InChI is InChI=1S/C14H17N3O/c1-17(10-12-4-8-16-9-5-12)13(18)14(11-15)6-2-3-7-14/h4-5,8-9H,2-3,6-7,10H2,1H3. The van der Waals surface area contributed by atoms with Crippen LogP contribution >= 0.6 is 0 Å². The topological polar surface area (TPSA) is 57.0 Å². The van der Waals surface area contributed by atoms with E-state index in [2.05, 4.69) is 11.1 Å². The van der Waals surface area contributed by atoms with Crippen LogP contribution < -0.4 is 0 Å². The summed E-state index contributed by atoms with van der Waals surface area (Å²) in [6.45, 7) is 0.533. The molecule has 1 aliphatic rings. The van der Waals surface area contributed by atoms with E-state index in [0.29, 0.717) is 19.4 Å². The van der Waals surface area contributed by atoms with Crippen molar-refractivity contribution in [2.45, 2.75) is 32.2 Å². The summed E-state index contributed by atoms with van der Waals surface area (Å²) in [5.41, 5.74) is 0.258. The Morgan fingerprint density at radius 3 is 2.61 bits per heavy atom. The Bertz CT molecular complexity index is 458. The van der Waals surface area contributed by atoms with E-state index in [1.54, 1.807) is 24.3 Å². The van der Waals surface area contributed by atoms with Gasteiger partial charge >= 0.3 is 0 Å². The molecular weight excluding hydrogens is 226 g/mol. The number of nitrogens with zero attached hydrogens (tertiary/aromatic N) is 3. The van der Waals surface area contributed by atoms with Crippen LogP contribution in [0.4, 0.5) is 0 Å². The van der Waals surface area contributed by atoms with Crippen molar-refractivity contribution in [3.63, 3.8) is 0 Å². The highest BCUT2D eigenvalue weighted by molar-refractivity contribution is 5.85. The normalized spacial score (nSPS) is 17.1. The predicted molar refractivity (Wildman–Crippen MR) is 67.2 cm³/mol. The van der Waals surface area contributed by atoms with Crippen LogP contribution in [-0.2, 0) is 11.3 Å². The van der Waals surface area contributed by atoms with Gasteiger partial charge in [-0.3, -0.25) is 9.78 Å². The number of hydrogen-bond acceptors (Lipinski definition) is 3. The van der Waals surface area contributed by atoms with Gasteiger partial charge in [-0.1, -0.05) is 12.8 Å². The SMILES string of the molecule is CN(Cc1ccncc1)C(=O)C1(C#N)CCCC1. The maximum Gasteiger partial charge on any atom is 0.243 e. The average molecular weight is 243 g/mol. The Kier molecular flexibility index (Phi) is 3.61. The van der Waals surface area contributed by atoms with Crippen LogP contribution in [0, 0.1) is 16.7 Å². The van der Waals surface area contributed by atoms with Crippen LogP contribution in [0.5, 0.6) is 0 Å². The molecule has 1 aromatic rings. The van der Waals surface area contributed by atoms with Gasteiger partial charge in [0.05, 0.1) is 6.07 Å². The second-order valence-corrected chi connectivity index (χ2v) is 4.92. The van der Waals surface area contributed by atoms with Crippen LogP contribution in [0.2, 0.25) is 0 Å². The molecule has 0 aliphatic heterocycles. The zero-order valence-electron chi connectivity index (χ0n) is 10.6. The molecule has 4 heteroatoms. The molecule has 1 heterocycles. The number of amides is 1. The lowest BCUT2D eigenvalue weighted by Crippen LogP contribution is -2.39. The summed E-state index contributed by atoms with van der Waals surface area (Å²) in [5, 5.41) is 9.29. The van der Waals surface area contributed by atoms with Gasteiger partial charge in [0, 0.05) is 26.0 Å². The lowest BCUT2D eigenvalue weighted by molar-refractivity contribution is -0.138. The van der Waals surface area contributed by atoms with Gasteiger partial charge in [0.15, 0.2) is 0 Å². The van der Waals surface area contributed by atoms with E-state index in [1.807, 2.05) is 12.1 Å². The summed E-state index contributed by atoms with van der Waals surface area (Å²) < 4.78 is 0. The molecule has 0 aromatic carbocycles. The number of pyridine rings is 1. The lowest BCUT2D eigenvalue weighted by Gasteiger charge is -2.26. The van der Waals surface area contributed by atoms with Crippen LogP contribution in [0.25, 0.3) is 0 Å². The summed E-state index contributed by atoms with van der Waals surface area (Å²) in [7, 11) is 1.76. The number of carbonyl (C=O) groups excluding carboxylic acids is 1. The minimum Gasteiger partial charge on any atom is -0.340 e. The first kappa shape index (κ1) is 12.6. The Labute approximate surface area is 107 Å². The van der Waals surface area contributed by atoms with Gasteiger partial charge in [-0.25, -0.2) is 0 Å². The first-order valence-electron chi connectivity index (χ1n) is 6.24. The highest BCUT2D eigenvalue weighted by atomic mass is 16.2. The third-order valence-corrected chi connectivity index (χ3v) is 3.60. The quantitative estimate of drug-likeness (QED) is 0.817. The summed E-state index contributed by atoms with van der Waals surface area (Å²) in [6, 6.07) is 6.01. The molecule has 18 heavy (non-hydrogen) atoms. The van der Waals surface area contributed by atoms with Crippen LogP contribution in [0.3, 0.4) is 0 Å². The summed E-state index contributed by atoms with van der Waals surface area (Å²) >= 11 is 0. The van der Waals surface area contributed by atoms with Crippen molar-refractivity contribution >= 4 is 5.91 Å². The van der Waals surface area contributed by atoms with Gasteiger partial charge in [0.1, 0.15) is 5.41 Å². The molecule has 1 amide bonds. The van der Waals surface area contributed by atoms with Crippen LogP contribution in [0.15, 0.2) is 24.5 Å². The molecular formula is C14H17N3O. The molecule has 4 nitrogen and oxygen atoms in total. The van der Waals surface area contributed by atoms with Crippen LogP contribution in [-0.4, -0.2) is 22.8 Å². The fourth-order valence-corrected chi connectivity index (χ4v) is 2.55. The summed E-state index contributed by atoms with van der Waals surface area (Å²) in [4.78, 5) is 18.0. The first-order chi connectivity index (χ1) is 8.68. The zero-order valence-corrected chi connectivity index (χ0v) is 10.6. The summed E-state index contributed by atoms with van der Waals surface area (Å²) in [6.07, 6.45) is 6.77. The lowest BCUT2D eigenvalue weighted by atomic mass is 9.86. The number of carbonyl (C=O) groups is 1. The van der Waals surface area contributed by atoms with E-state index >= 15 is 0 Å². The smallest absolute Gasteiger partial charge is 0.243 e. The van der Waals surface area contributed by atoms with Crippen molar-refractivity contribution in [3.05, 3.63) is 30.1 Å². The van der Waals surface area contributed by atoms with Gasteiger partial charge in [-0.15, -0.1) is 0 Å². The molecule has 1 aliphatic carbocycles. The van der Waals surface area contributed by atoms with E-state index < -0.39 is 5.41 Å². The van der Waals surface area contributed by atoms with E-state index in [1.165, 1.54) is 0 Å². The molecule has 0 atom stereocenters. The molecule has 0 unspecified atom stereocenters. The number of aromatic nitrogens is 1. The van der Waals surface area contributed by atoms with Crippen molar-refractivity contribution in [3.8, 4) is 6.07 Å². The molecule has 2 rings (SSSR count). The van der Waals surface area contributed by atoms with Gasteiger partial charge in [-0.2, -0.15) is 5.26 Å². The maximum absolute atomic E-state index is 12.4. The molecule has 1 fully saturated rings. The van der Waals surface area contributed by atoms with Gasteiger partial charge in [-0.05, 0) is 30.5 Å². The number of nitriles is 1. The van der Waals surface area contributed by atoms with Crippen LogP contribution in [0.1, 0.15) is 31.2 Å². The van der Waals surface area contributed by atoms with Crippen molar-refractivity contribution in [2.75, 3.05) is 7.05 Å². The van der Waals surface area contributed by atoms with Crippen molar-refractivity contribution in [2.24, 2.45) is 5.41 Å². The van der Waals surface area contributed by atoms with Crippen molar-refractivity contribution in [1.29, 1.82) is 5.26 Å². The fraction of sp³-hybridized carbons (Fsp3) is 0.500. The summed E-state index contributed by atoms with van der Waals surface area (Å²) in [5.74, 6) is -0.0423. The van der Waals surface area contributed by atoms with Gasteiger partial charge in [0.2, 0.25) is 5.91 Å². The highest BCUT2D eigenvalue weighted by Crippen LogP contribution is 2.39. The molecule has 94 valence electrons. The van der Waals surface area contributed by atoms with Crippen molar-refractivity contribution < 1.29 is 4.79 Å². The molecule has 0 spiro atoms. The molecule has 1 aromatic heterocycles. The minimum atomic E-state index is -0.776. The molecule has 0 bridgehead atoms. The third kappa shape index (κ3) is 2.35. The number of rotatable bonds is 3. The Balaban J connectivity index is 2.07. The van der Waals surface area contributed by atoms with E-state index in [4.69, 9.17) is 0 Å². The molecule has 0 radical (unpaired) electrons. The molecule has 1 saturated carbocycles.